The molecular formula is C30H26N2OS. The number of benzene rings is 4. The molecule has 34 heavy (non-hydrogen) atoms. The molecule has 0 amide bonds. The number of fused-ring (bicyclic) bond motifs is 2. The van der Waals surface area contributed by atoms with Crippen LogP contribution < -0.4 is 5.32 Å². The fourth-order valence-electron chi connectivity index (χ4n) is 4.05. The van der Waals surface area contributed by atoms with E-state index in [1.807, 2.05) is 24.3 Å². The summed E-state index contributed by atoms with van der Waals surface area (Å²) in [6.07, 6.45) is 0. The maximum absolute atomic E-state index is 9.76. The van der Waals surface area contributed by atoms with E-state index < -0.39 is 0 Å². The third-order valence-electron chi connectivity index (χ3n) is 6.03. The highest BCUT2D eigenvalue weighted by molar-refractivity contribution is 7.99. The van der Waals surface area contributed by atoms with E-state index in [0.717, 1.165) is 50.1 Å². The molecule has 2 N–H and O–H groups in total. The highest BCUT2D eigenvalue weighted by atomic mass is 32.2. The van der Waals surface area contributed by atoms with Crippen LogP contribution in [0.5, 0.6) is 5.75 Å². The van der Waals surface area contributed by atoms with E-state index in [4.69, 9.17) is 4.99 Å². The van der Waals surface area contributed by atoms with Crippen LogP contribution in [0.1, 0.15) is 35.1 Å². The molecule has 4 aromatic rings. The molecule has 5 rings (SSSR count). The molecule has 1 unspecified atom stereocenters. The Morgan fingerprint density at radius 3 is 2.44 bits per heavy atom. The van der Waals surface area contributed by atoms with E-state index in [2.05, 4.69) is 79.5 Å². The molecule has 0 saturated carbocycles. The Balaban J connectivity index is 1.45. The molecule has 1 heterocycles. The van der Waals surface area contributed by atoms with Gasteiger partial charge in [0, 0.05) is 33.2 Å². The van der Waals surface area contributed by atoms with Crippen LogP contribution in [0.15, 0.2) is 118 Å². The van der Waals surface area contributed by atoms with E-state index in [9.17, 15) is 5.11 Å². The first-order valence-electron chi connectivity index (χ1n) is 11.4. The Hall–Kier alpha value is -3.76. The number of nitrogens with one attached hydrogen (secondary N) is 1. The minimum atomic E-state index is 0.246. The van der Waals surface area contributed by atoms with Crippen LogP contribution in [0.3, 0.4) is 0 Å². The third kappa shape index (κ3) is 4.63. The van der Waals surface area contributed by atoms with Gasteiger partial charge in [0.2, 0.25) is 0 Å². The molecule has 0 bridgehead atoms. The summed E-state index contributed by atoms with van der Waals surface area (Å²) < 4.78 is 0. The van der Waals surface area contributed by atoms with Gasteiger partial charge in [0.25, 0.3) is 0 Å². The highest BCUT2D eigenvalue weighted by Gasteiger charge is 2.19. The van der Waals surface area contributed by atoms with Crippen LogP contribution in [-0.4, -0.2) is 17.4 Å². The van der Waals surface area contributed by atoms with Gasteiger partial charge < -0.3 is 10.4 Å². The molecule has 0 aliphatic carbocycles. The van der Waals surface area contributed by atoms with Crippen molar-refractivity contribution in [1.29, 1.82) is 0 Å². The van der Waals surface area contributed by atoms with Gasteiger partial charge in [-0.25, -0.2) is 4.99 Å². The molecule has 3 nitrogen and oxygen atoms in total. The average Bonchev–Trinajstić information content (AvgIpc) is 3.04. The largest absolute Gasteiger partial charge is 0.508 e. The third-order valence-corrected chi connectivity index (χ3v) is 7.17. The molecule has 168 valence electrons. The fraction of sp³-hybridized carbons (Fsp3) is 0.100. The number of aromatic hydroxyl groups is 1. The quantitative estimate of drug-likeness (QED) is 0.276. The normalized spacial score (nSPS) is 13.1. The lowest BCUT2D eigenvalue weighted by Crippen LogP contribution is -2.18. The van der Waals surface area contributed by atoms with Crippen molar-refractivity contribution < 1.29 is 5.11 Å². The lowest BCUT2D eigenvalue weighted by Gasteiger charge is -2.16. The molecule has 4 aromatic carbocycles. The van der Waals surface area contributed by atoms with E-state index in [1.165, 1.54) is 5.56 Å². The van der Waals surface area contributed by atoms with Crippen LogP contribution in [-0.2, 0) is 0 Å². The minimum Gasteiger partial charge on any atom is -0.508 e. The molecule has 4 heteroatoms. The lowest BCUT2D eigenvalue weighted by molar-refractivity contribution is 0.475. The first-order chi connectivity index (χ1) is 16.6. The van der Waals surface area contributed by atoms with Gasteiger partial charge in [-0.05, 0) is 59.5 Å². The van der Waals surface area contributed by atoms with Crippen molar-refractivity contribution in [3.8, 4) is 5.75 Å². The van der Waals surface area contributed by atoms with Crippen LogP contribution >= 0.6 is 11.8 Å². The number of hydrogen-bond donors (Lipinski definition) is 2. The molecule has 0 fully saturated rings. The molecule has 0 aromatic heterocycles. The van der Waals surface area contributed by atoms with Crippen molar-refractivity contribution in [1.82, 2.24) is 5.32 Å². The van der Waals surface area contributed by atoms with Crippen LogP contribution in [0, 0.1) is 0 Å². The molecule has 1 aliphatic rings. The predicted octanol–water partition coefficient (Wildman–Crippen LogP) is 7.39. The van der Waals surface area contributed by atoms with Gasteiger partial charge in [-0.2, -0.15) is 0 Å². The number of nitrogens with zero attached hydrogens (tertiary/aromatic N) is 1. The topological polar surface area (TPSA) is 44.6 Å². The summed E-state index contributed by atoms with van der Waals surface area (Å²) in [6.45, 7) is 7.32. The summed E-state index contributed by atoms with van der Waals surface area (Å²) in [5.41, 5.74) is 7.10. The number of rotatable bonds is 6. The van der Waals surface area contributed by atoms with Crippen molar-refractivity contribution in [3.05, 3.63) is 126 Å². The van der Waals surface area contributed by atoms with Crippen molar-refractivity contribution in [3.63, 3.8) is 0 Å². The van der Waals surface area contributed by atoms with Crippen molar-refractivity contribution in [2.24, 2.45) is 4.99 Å². The predicted molar refractivity (Wildman–Crippen MR) is 142 cm³/mol. The Kier molecular flexibility index (Phi) is 6.24. The highest BCUT2D eigenvalue weighted by Crippen LogP contribution is 2.42. The molecular weight excluding hydrogens is 436 g/mol. The van der Waals surface area contributed by atoms with Gasteiger partial charge in [0.05, 0.1) is 11.4 Å². The standard InChI is InChI=1S/C30H26N2OS/c1-20(22-8-4-3-5-9-22)19-31-21(2)24-14-17-29-27(18-24)32-30(23-12-15-25(33)16-13-23)26-10-6-7-11-28(26)34-29/h3-18,20,31,33H,2,19H2,1H3. The second-order valence-electron chi connectivity index (χ2n) is 8.46. The van der Waals surface area contributed by atoms with Gasteiger partial charge in [0.1, 0.15) is 5.75 Å². The summed E-state index contributed by atoms with van der Waals surface area (Å²) in [5, 5.41) is 13.3. The van der Waals surface area contributed by atoms with E-state index >= 15 is 0 Å². The lowest BCUT2D eigenvalue weighted by atomic mass is 10.0. The summed E-state index contributed by atoms with van der Waals surface area (Å²) in [6, 6.07) is 32.4. The molecule has 1 aliphatic heterocycles. The van der Waals surface area contributed by atoms with E-state index in [1.54, 1.807) is 23.9 Å². The summed E-state index contributed by atoms with van der Waals surface area (Å²) >= 11 is 1.73. The Morgan fingerprint density at radius 2 is 1.65 bits per heavy atom. The van der Waals surface area contributed by atoms with Crippen LogP contribution in [0.4, 0.5) is 5.69 Å². The van der Waals surface area contributed by atoms with Gasteiger partial charge >= 0.3 is 0 Å². The Labute approximate surface area is 204 Å². The number of phenolic OH excluding ortho intramolecular Hbond substituents is 1. The minimum absolute atomic E-state index is 0.246. The second kappa shape index (κ2) is 9.62. The second-order valence-corrected chi connectivity index (χ2v) is 9.54. The van der Waals surface area contributed by atoms with Crippen molar-refractivity contribution in [2.75, 3.05) is 6.54 Å². The number of phenols is 1. The molecule has 0 spiro atoms. The van der Waals surface area contributed by atoms with E-state index in [0.29, 0.717) is 5.92 Å². The molecule has 0 saturated heterocycles. The SMILES string of the molecule is C=C(NCC(C)c1ccccc1)c1ccc2c(c1)N=C(c1ccc(O)cc1)c1ccccc1S2. The Morgan fingerprint density at radius 1 is 0.912 bits per heavy atom. The number of aliphatic imine (C=N–C) groups is 1. The summed E-state index contributed by atoms with van der Waals surface area (Å²) in [7, 11) is 0. The summed E-state index contributed by atoms with van der Waals surface area (Å²) in [4.78, 5) is 7.38. The zero-order valence-corrected chi connectivity index (χ0v) is 19.8. The van der Waals surface area contributed by atoms with Crippen molar-refractivity contribution >= 4 is 28.9 Å². The zero-order valence-electron chi connectivity index (χ0n) is 19.0. The Bertz CT molecular complexity index is 1360. The van der Waals surface area contributed by atoms with Gasteiger partial charge in [-0.15, -0.1) is 0 Å². The van der Waals surface area contributed by atoms with Crippen LogP contribution in [0.25, 0.3) is 5.70 Å². The average molecular weight is 463 g/mol. The first-order valence-corrected chi connectivity index (χ1v) is 12.2. The zero-order chi connectivity index (χ0) is 23.5. The van der Waals surface area contributed by atoms with Crippen LogP contribution in [0.2, 0.25) is 0 Å². The maximum atomic E-state index is 9.76. The monoisotopic (exact) mass is 462 g/mol. The van der Waals surface area contributed by atoms with Gasteiger partial charge in [-0.3, -0.25) is 0 Å². The summed E-state index contributed by atoms with van der Waals surface area (Å²) in [5.74, 6) is 0.623. The maximum Gasteiger partial charge on any atom is 0.115 e. The molecule has 0 radical (unpaired) electrons. The van der Waals surface area contributed by atoms with Gasteiger partial charge in [0.15, 0.2) is 0 Å². The van der Waals surface area contributed by atoms with Crippen molar-refractivity contribution in [2.45, 2.75) is 22.6 Å². The van der Waals surface area contributed by atoms with Gasteiger partial charge in [-0.1, -0.05) is 79.9 Å². The number of hydrogen-bond acceptors (Lipinski definition) is 4. The fourth-order valence-corrected chi connectivity index (χ4v) is 5.05. The first kappa shape index (κ1) is 22.1. The van der Waals surface area contributed by atoms with E-state index in [-0.39, 0.29) is 5.75 Å². The molecule has 1 atom stereocenters. The smallest absolute Gasteiger partial charge is 0.115 e.